The van der Waals surface area contributed by atoms with Crippen molar-refractivity contribution < 1.29 is 92.4 Å². The van der Waals surface area contributed by atoms with Crippen LogP contribution in [0.1, 0.15) is 131 Å². The summed E-state index contributed by atoms with van der Waals surface area (Å²) in [5.74, 6) is 8.97. The molecule has 0 spiro atoms. The molecule has 7 aliphatic rings. The van der Waals surface area contributed by atoms with Gasteiger partial charge in [-0.25, -0.2) is 0 Å². The van der Waals surface area contributed by atoms with Crippen molar-refractivity contribution in [2.45, 2.75) is 155 Å². The molecule has 8 aromatic rings. The van der Waals surface area contributed by atoms with Gasteiger partial charge in [0.1, 0.15) is 62.2 Å². The molecule has 0 amide bonds. The number of hydrogen-bond donors (Lipinski definition) is 0. The topological polar surface area (TPSA) is 175 Å². The molecule has 0 unspecified atom stereocenters. The zero-order valence-corrected chi connectivity index (χ0v) is 73.5. The molecular weight excluding hydrogens is 1600 g/mol. The van der Waals surface area contributed by atoms with Crippen LogP contribution in [-0.2, 0) is 66.2 Å². The number of fused-ring (bicyclic) bond motifs is 5. The summed E-state index contributed by atoms with van der Waals surface area (Å²) in [6.45, 7) is 10.8. The zero-order chi connectivity index (χ0) is 88.1. The number of benzene rings is 6. The third-order valence-corrected chi connectivity index (χ3v) is 28.4. The number of anilines is 2. The molecule has 3 saturated heterocycles. The fraction of sp³-hybridized carbons (Fsp3) is 0.330. The number of nitrogens with zero attached hydrogens (tertiary/aromatic N) is 6. The minimum absolute atomic E-state index is 0.0804. The molecule has 3 fully saturated rings. The van der Waals surface area contributed by atoms with Gasteiger partial charge in [0.25, 0.3) is 8.32 Å². The highest BCUT2D eigenvalue weighted by Gasteiger charge is 2.62. The molecular formula is C97H102B2F4N6O14Si. The molecule has 0 N–H and O–H groups in total. The summed E-state index contributed by atoms with van der Waals surface area (Å²) in [5, 5.41) is 1.52. The largest absolute Gasteiger partial charge is 0.737 e. The van der Waals surface area contributed by atoms with Gasteiger partial charge in [-0.1, -0.05) is 160 Å². The summed E-state index contributed by atoms with van der Waals surface area (Å²) < 4.78 is 147. The number of halogens is 4. The number of ether oxygens (including phenoxy) is 10. The molecule has 20 nitrogen and oxygen atoms in total. The average Bonchev–Trinajstić information content (AvgIpc) is 1.54. The smallest absolute Gasteiger partial charge is 0.463 e. The first-order valence-electron chi connectivity index (χ1n) is 41.6. The van der Waals surface area contributed by atoms with Crippen LogP contribution < -0.4 is 20.2 Å². The fourth-order valence-electron chi connectivity index (χ4n) is 18.1. The van der Waals surface area contributed by atoms with E-state index in [9.17, 15) is 14.4 Å². The Morgan fingerprint density at radius 1 is 0.573 bits per heavy atom. The van der Waals surface area contributed by atoms with Crippen LogP contribution >= 0.6 is 0 Å². The molecule has 9 heterocycles. The van der Waals surface area contributed by atoms with Crippen LogP contribution in [0.5, 0.6) is 0 Å². The van der Waals surface area contributed by atoms with Crippen molar-refractivity contribution >= 4 is 103 Å². The van der Waals surface area contributed by atoms with Crippen LogP contribution in [0, 0.1) is 37.5 Å². The van der Waals surface area contributed by atoms with Gasteiger partial charge in [-0.05, 0) is 162 Å². The van der Waals surface area contributed by atoms with Gasteiger partial charge in [-0.2, -0.15) is 0 Å². The molecule has 642 valence electrons. The summed E-state index contributed by atoms with van der Waals surface area (Å²) in [7, 11) is 4.49. The Bertz CT molecular complexity index is 5790. The van der Waals surface area contributed by atoms with E-state index in [4.69, 9.17) is 51.8 Å². The van der Waals surface area contributed by atoms with Gasteiger partial charge in [-0.3, -0.25) is 14.4 Å². The lowest BCUT2D eigenvalue weighted by Gasteiger charge is -2.48. The first kappa shape index (κ1) is 87.4. The molecule has 10 atom stereocenters. The quantitative estimate of drug-likeness (QED) is 0.0194. The number of esters is 3. The highest BCUT2D eigenvalue weighted by molar-refractivity contribution is 6.99. The summed E-state index contributed by atoms with van der Waals surface area (Å²) in [6, 6.07) is 55.7. The second-order valence-electron chi connectivity index (χ2n) is 34.0. The highest BCUT2D eigenvalue weighted by Crippen LogP contribution is 2.48. The van der Waals surface area contributed by atoms with Gasteiger partial charge in [0, 0.05) is 125 Å². The first-order valence-corrected chi connectivity index (χ1v) is 43.5. The van der Waals surface area contributed by atoms with E-state index >= 15 is 17.3 Å². The Morgan fingerprint density at radius 3 is 1.68 bits per heavy atom. The second kappa shape index (κ2) is 35.3. The number of aromatic nitrogens is 2. The zero-order valence-electron chi connectivity index (χ0n) is 72.5. The molecule has 0 radical (unpaired) electrons. The van der Waals surface area contributed by atoms with E-state index in [2.05, 4.69) is 68.7 Å². The van der Waals surface area contributed by atoms with Crippen molar-refractivity contribution in [3.05, 3.63) is 279 Å². The van der Waals surface area contributed by atoms with Crippen LogP contribution in [0.4, 0.5) is 28.6 Å². The van der Waals surface area contributed by atoms with E-state index in [0.29, 0.717) is 73.4 Å². The number of hydrogen-bond acceptors (Lipinski definition) is 16. The van der Waals surface area contributed by atoms with Gasteiger partial charge in [0.15, 0.2) is 47.7 Å². The Morgan fingerprint density at radius 2 is 1.11 bits per heavy atom. The molecule has 0 bridgehead atoms. The minimum atomic E-state index is -4.47. The standard InChI is InChI=1S/C97H102B2F4N6O14Si/c1-61-57-63(3)106-86(61)85(87-62(2)58-64(4)107(87)98(106,100)101)73-43-33-68(34-44-73)25-23-55-113-92-91-89(122-97(11,12)123-91)83(60-116-124(96(8,9)10,78-27-19-17-20-28-78)79-29-21-18-22-30-79)120-95(92)121-88-82(59-115-65(5)110)119-94(93(118-67(7)112)90(88)117-66(6)111)114-56-24-26-69-31-41-72(42-32-69)84-80-53-51-76(49-39-70-35-45-74(46-36-70)104(13)14)108(80)99(102,103)109-77(52-54-81(84)109)50-40-71-37-47-75(48-38-71)105(15)16/h17-22,27-54,57-58,82-83,88-95H,55-56,59-60H2,1-16H3/b49-39+,50-40+/t82-,83-,88-,89+,90+,91+,92-,93-,94-,95-/m1/s1. The molecule has 0 aliphatic carbocycles. The Balaban J connectivity index is 0.734. The van der Waals surface area contributed by atoms with E-state index in [0.717, 1.165) is 67.5 Å². The lowest BCUT2D eigenvalue weighted by Crippen LogP contribution is -2.69. The van der Waals surface area contributed by atoms with Gasteiger partial charge >= 0.3 is 31.8 Å². The van der Waals surface area contributed by atoms with Crippen molar-refractivity contribution in [3.63, 3.8) is 0 Å². The summed E-state index contributed by atoms with van der Waals surface area (Å²) in [6.07, 6.45) is -0.943. The average molecular weight is 1700 g/mol. The van der Waals surface area contributed by atoms with Gasteiger partial charge < -0.3 is 96.8 Å². The Kier molecular flexibility index (Phi) is 24.9. The van der Waals surface area contributed by atoms with Crippen molar-refractivity contribution in [3.8, 4) is 23.7 Å². The second-order valence-corrected chi connectivity index (χ2v) is 38.3. The molecule has 7 aliphatic heterocycles. The summed E-state index contributed by atoms with van der Waals surface area (Å²) >= 11 is 0. The summed E-state index contributed by atoms with van der Waals surface area (Å²) in [5.41, 5.74) is 11.9. The molecule has 124 heavy (non-hydrogen) atoms. The van der Waals surface area contributed by atoms with Gasteiger partial charge in [-0.15, -0.1) is 0 Å². The maximum atomic E-state index is 17.7. The van der Waals surface area contributed by atoms with E-state index in [-0.39, 0.29) is 19.8 Å². The highest BCUT2D eigenvalue weighted by atomic mass is 28.4. The number of aryl methyl sites for hydroxylation is 2. The van der Waals surface area contributed by atoms with Crippen molar-refractivity contribution in [2.24, 2.45) is 0 Å². The number of rotatable bonds is 23. The van der Waals surface area contributed by atoms with Gasteiger partial charge in [0.2, 0.25) is 0 Å². The van der Waals surface area contributed by atoms with Crippen LogP contribution in [0.15, 0.2) is 217 Å². The Labute approximate surface area is 722 Å². The van der Waals surface area contributed by atoms with E-state index in [1.165, 1.54) is 20.8 Å². The number of allylic oxidation sites excluding steroid dienone is 5. The van der Waals surface area contributed by atoms with E-state index in [1.807, 2.05) is 185 Å². The third-order valence-electron chi connectivity index (χ3n) is 23.4. The third kappa shape index (κ3) is 17.3. The molecule has 27 heteroatoms. The molecule has 2 aromatic heterocycles. The SMILES string of the molecule is CC(=O)OC[C@H]1O[C@@H](OCC#Cc2ccc(C3=C4C=CC(/C=C/c5ccc(N(C)C)cc5)=[N+]4[B-](F)(F)n4c(/C=C/c5ccc(N(C)C)cc5)ccc43)cc2)[C@H](OC(C)=O)[C@@H](OC(C)=O)[C@@H]1O[C@H]1O[C@H](CO[Si](c2ccccc2)(c2ccccc2)C(C)(C)C)[C@@H]2OC(C)(C)O[C@@H]2[C@H]1OCC#Cc1ccc(C2=C3C(C)=CC(C)=[N+]3[B-](F)(F)n3c(C)cc(C)c32)cc1. The monoisotopic (exact) mass is 1700 g/mol. The van der Waals surface area contributed by atoms with Crippen molar-refractivity contribution in [1.29, 1.82) is 0 Å². The van der Waals surface area contributed by atoms with Crippen LogP contribution in [0.2, 0.25) is 5.04 Å². The molecule has 15 rings (SSSR count). The fourth-order valence-corrected chi connectivity index (χ4v) is 22.6. The van der Waals surface area contributed by atoms with Crippen LogP contribution in [0.25, 0.3) is 29.4 Å². The van der Waals surface area contributed by atoms with Crippen LogP contribution in [-0.4, -0.2) is 191 Å². The van der Waals surface area contributed by atoms with Crippen molar-refractivity contribution in [2.75, 3.05) is 64.4 Å². The van der Waals surface area contributed by atoms with Crippen molar-refractivity contribution in [1.82, 2.24) is 8.96 Å². The number of carbonyl (C=O) groups is 3. The van der Waals surface area contributed by atoms with E-state index < -0.39 is 119 Å². The normalized spacial score (nSPS) is 22.8. The lowest BCUT2D eigenvalue weighted by atomic mass is 9.83. The Hall–Kier alpha value is -11.5. The molecule has 6 aromatic carbocycles. The predicted octanol–water partition coefficient (Wildman–Crippen LogP) is 14.5. The summed E-state index contributed by atoms with van der Waals surface area (Å²) in [4.78, 5) is 44.2. The van der Waals surface area contributed by atoms with Crippen LogP contribution in [0.3, 0.4) is 0 Å². The maximum absolute atomic E-state index is 17.7. The molecule has 0 saturated carbocycles. The van der Waals surface area contributed by atoms with Gasteiger partial charge in [0.05, 0.1) is 17.8 Å². The van der Waals surface area contributed by atoms with E-state index in [1.54, 1.807) is 88.4 Å². The number of carbonyl (C=O) groups excluding carboxylic acids is 3. The first-order chi connectivity index (χ1) is 59.1. The minimum Gasteiger partial charge on any atom is -0.463 e. The maximum Gasteiger partial charge on any atom is 0.737 e. The lowest BCUT2D eigenvalue weighted by molar-refractivity contribution is -0.363. The predicted molar refractivity (Wildman–Crippen MR) is 475 cm³/mol.